The first-order valence-corrected chi connectivity index (χ1v) is 9.03. The molecule has 0 aromatic carbocycles. The molecule has 1 aliphatic rings. The highest BCUT2D eigenvalue weighted by Gasteiger charge is 2.23. The Kier molecular flexibility index (Phi) is 4.70. The summed E-state index contributed by atoms with van der Waals surface area (Å²) in [5.41, 5.74) is 2.39. The van der Waals surface area contributed by atoms with Crippen molar-refractivity contribution < 1.29 is 9.59 Å². The van der Waals surface area contributed by atoms with Crippen LogP contribution in [0.15, 0.2) is 5.16 Å². The van der Waals surface area contributed by atoms with Gasteiger partial charge >= 0.3 is 0 Å². The zero-order valence-corrected chi connectivity index (χ0v) is 14.7. The average Bonchev–Trinajstić information content (AvgIpc) is 3.26. The van der Waals surface area contributed by atoms with Gasteiger partial charge in [-0.1, -0.05) is 11.8 Å². The molecule has 24 heavy (non-hydrogen) atoms. The van der Waals surface area contributed by atoms with E-state index >= 15 is 0 Å². The van der Waals surface area contributed by atoms with Crippen molar-refractivity contribution >= 4 is 29.4 Å². The molecule has 0 bridgehead atoms. The maximum absolute atomic E-state index is 12.2. The Morgan fingerprint density at radius 1 is 1.25 bits per heavy atom. The van der Waals surface area contributed by atoms with Gasteiger partial charge in [0, 0.05) is 23.0 Å². The number of thioether (sulfide) groups is 1. The standard InChI is InChI=1S/C15H20N6O2S/c1-8-11(6-12(22)16-7-13(23)18-10-4-5-10)9(2)21-14(17-8)19-15(20-21)24-3/h10H,4-7H2,1-3H3,(H,16,22)(H,18,23). The van der Waals surface area contributed by atoms with E-state index in [9.17, 15) is 9.59 Å². The van der Waals surface area contributed by atoms with Gasteiger partial charge in [0.2, 0.25) is 17.0 Å². The van der Waals surface area contributed by atoms with Crippen molar-refractivity contribution in [3.8, 4) is 0 Å². The predicted octanol–water partition coefficient (Wildman–Crippen LogP) is 0.400. The van der Waals surface area contributed by atoms with E-state index in [-0.39, 0.29) is 24.8 Å². The number of nitrogens with zero attached hydrogens (tertiary/aromatic N) is 4. The molecule has 8 nitrogen and oxygen atoms in total. The van der Waals surface area contributed by atoms with Crippen molar-refractivity contribution in [2.45, 2.75) is 44.3 Å². The maximum Gasteiger partial charge on any atom is 0.253 e. The Labute approximate surface area is 143 Å². The lowest BCUT2D eigenvalue weighted by molar-refractivity contribution is -0.125. The monoisotopic (exact) mass is 348 g/mol. The molecule has 2 heterocycles. The number of nitrogens with one attached hydrogen (secondary N) is 2. The molecule has 2 aromatic rings. The van der Waals surface area contributed by atoms with Crippen LogP contribution in [0, 0.1) is 13.8 Å². The van der Waals surface area contributed by atoms with Crippen molar-refractivity contribution in [1.29, 1.82) is 0 Å². The number of aromatic nitrogens is 4. The number of amides is 2. The second-order valence-electron chi connectivity index (χ2n) is 5.87. The van der Waals surface area contributed by atoms with Crippen LogP contribution < -0.4 is 10.6 Å². The van der Waals surface area contributed by atoms with Crippen molar-refractivity contribution in [3.05, 3.63) is 17.0 Å². The largest absolute Gasteiger partial charge is 0.352 e. The maximum atomic E-state index is 12.2. The van der Waals surface area contributed by atoms with Gasteiger partial charge in [-0.25, -0.2) is 9.50 Å². The Morgan fingerprint density at radius 3 is 2.67 bits per heavy atom. The van der Waals surface area contributed by atoms with Crippen molar-refractivity contribution in [2.24, 2.45) is 0 Å². The summed E-state index contributed by atoms with van der Waals surface area (Å²) in [7, 11) is 0. The minimum atomic E-state index is -0.210. The van der Waals surface area contributed by atoms with Gasteiger partial charge in [0.25, 0.3) is 5.78 Å². The molecule has 1 saturated carbocycles. The van der Waals surface area contributed by atoms with Crippen LogP contribution in [0.25, 0.3) is 5.78 Å². The third-order valence-corrected chi connectivity index (χ3v) is 4.48. The van der Waals surface area contributed by atoms with E-state index in [0.717, 1.165) is 29.8 Å². The summed E-state index contributed by atoms with van der Waals surface area (Å²) in [5.74, 6) is 0.176. The Hall–Kier alpha value is -2.16. The van der Waals surface area contributed by atoms with Crippen LogP contribution in [0.2, 0.25) is 0 Å². The molecular formula is C15H20N6O2S. The molecule has 2 aromatic heterocycles. The van der Waals surface area contributed by atoms with Gasteiger partial charge in [-0.3, -0.25) is 9.59 Å². The highest BCUT2D eigenvalue weighted by atomic mass is 32.2. The van der Waals surface area contributed by atoms with Gasteiger partial charge in [0.05, 0.1) is 13.0 Å². The SMILES string of the molecule is CSc1nc2nc(C)c(CC(=O)NCC(=O)NC3CC3)c(C)n2n1. The minimum Gasteiger partial charge on any atom is -0.352 e. The van der Waals surface area contributed by atoms with Crippen LogP contribution in [0.1, 0.15) is 29.8 Å². The van der Waals surface area contributed by atoms with Gasteiger partial charge in [0.1, 0.15) is 0 Å². The normalized spacial score (nSPS) is 14.0. The molecule has 0 unspecified atom stereocenters. The second kappa shape index (κ2) is 6.76. The molecule has 0 spiro atoms. The second-order valence-corrected chi connectivity index (χ2v) is 6.64. The molecule has 0 radical (unpaired) electrons. The molecule has 1 fully saturated rings. The van der Waals surface area contributed by atoms with Gasteiger partial charge in [0.15, 0.2) is 0 Å². The van der Waals surface area contributed by atoms with Crippen LogP contribution >= 0.6 is 11.8 Å². The van der Waals surface area contributed by atoms with Gasteiger partial charge in [-0.15, -0.1) is 5.10 Å². The number of hydrogen-bond donors (Lipinski definition) is 2. The first-order valence-electron chi connectivity index (χ1n) is 7.81. The molecule has 2 N–H and O–H groups in total. The Morgan fingerprint density at radius 2 is 2.00 bits per heavy atom. The fourth-order valence-electron chi connectivity index (χ4n) is 2.44. The molecule has 0 saturated heterocycles. The van der Waals surface area contributed by atoms with E-state index in [0.29, 0.717) is 17.0 Å². The summed E-state index contributed by atoms with van der Waals surface area (Å²) < 4.78 is 1.65. The quantitative estimate of drug-likeness (QED) is 0.733. The highest BCUT2D eigenvalue weighted by Crippen LogP contribution is 2.18. The molecule has 9 heteroatoms. The van der Waals surface area contributed by atoms with Crippen molar-refractivity contribution in [3.63, 3.8) is 0 Å². The smallest absolute Gasteiger partial charge is 0.253 e. The lowest BCUT2D eigenvalue weighted by Gasteiger charge is -2.10. The zero-order valence-electron chi connectivity index (χ0n) is 13.9. The van der Waals surface area contributed by atoms with E-state index in [1.54, 1.807) is 4.52 Å². The molecule has 128 valence electrons. The van der Waals surface area contributed by atoms with E-state index in [1.807, 2.05) is 20.1 Å². The van der Waals surface area contributed by atoms with E-state index < -0.39 is 0 Å². The summed E-state index contributed by atoms with van der Waals surface area (Å²) in [6.45, 7) is 3.74. The molecule has 0 atom stereocenters. The fourth-order valence-corrected chi connectivity index (χ4v) is 2.78. The minimum absolute atomic E-state index is 0.00303. The Balaban J connectivity index is 1.69. The fraction of sp³-hybridized carbons (Fsp3) is 0.533. The third-order valence-electron chi connectivity index (χ3n) is 3.94. The molecular weight excluding hydrogens is 328 g/mol. The first-order chi connectivity index (χ1) is 11.5. The summed E-state index contributed by atoms with van der Waals surface area (Å²) >= 11 is 1.44. The van der Waals surface area contributed by atoms with Crippen LogP contribution in [-0.2, 0) is 16.0 Å². The lowest BCUT2D eigenvalue weighted by Crippen LogP contribution is -2.38. The summed E-state index contributed by atoms with van der Waals surface area (Å²) in [6.07, 6.45) is 4.11. The number of hydrogen-bond acceptors (Lipinski definition) is 6. The van der Waals surface area contributed by atoms with Gasteiger partial charge < -0.3 is 10.6 Å². The summed E-state index contributed by atoms with van der Waals surface area (Å²) in [6, 6.07) is 0.295. The highest BCUT2D eigenvalue weighted by molar-refractivity contribution is 7.98. The average molecular weight is 348 g/mol. The van der Waals surface area contributed by atoms with E-state index in [2.05, 4.69) is 25.7 Å². The van der Waals surface area contributed by atoms with Crippen LogP contribution in [0.3, 0.4) is 0 Å². The van der Waals surface area contributed by atoms with E-state index in [4.69, 9.17) is 0 Å². The summed E-state index contributed by atoms with van der Waals surface area (Å²) in [4.78, 5) is 32.5. The van der Waals surface area contributed by atoms with Crippen LogP contribution in [0.5, 0.6) is 0 Å². The molecule has 1 aliphatic carbocycles. The molecule has 0 aliphatic heterocycles. The number of rotatable bonds is 6. The zero-order chi connectivity index (χ0) is 17.3. The summed E-state index contributed by atoms with van der Waals surface area (Å²) in [5, 5.41) is 10.5. The van der Waals surface area contributed by atoms with Crippen molar-refractivity contribution in [2.75, 3.05) is 12.8 Å². The number of carbonyl (C=O) groups is 2. The first kappa shape index (κ1) is 16.7. The Bertz CT molecular complexity index is 799. The van der Waals surface area contributed by atoms with Gasteiger partial charge in [-0.05, 0) is 32.9 Å². The van der Waals surface area contributed by atoms with E-state index in [1.165, 1.54) is 11.8 Å². The predicted molar refractivity (Wildman–Crippen MR) is 89.9 cm³/mol. The van der Waals surface area contributed by atoms with Gasteiger partial charge in [-0.2, -0.15) is 4.98 Å². The number of carbonyl (C=O) groups excluding carboxylic acids is 2. The molecule has 2 amide bonds. The third kappa shape index (κ3) is 3.66. The van der Waals surface area contributed by atoms with Crippen LogP contribution in [0.4, 0.5) is 0 Å². The molecule has 3 rings (SSSR count). The topological polar surface area (TPSA) is 101 Å². The number of fused-ring (bicyclic) bond motifs is 1. The number of aryl methyl sites for hydroxylation is 2. The van der Waals surface area contributed by atoms with Crippen LogP contribution in [-0.4, -0.2) is 50.2 Å². The van der Waals surface area contributed by atoms with Crippen molar-refractivity contribution in [1.82, 2.24) is 30.2 Å². The lowest BCUT2D eigenvalue weighted by atomic mass is 10.1.